The van der Waals surface area contributed by atoms with Crippen LogP contribution in [0.3, 0.4) is 0 Å². The monoisotopic (exact) mass is 237 g/mol. The maximum Gasteiger partial charge on any atom is 0.161 e. The van der Waals surface area contributed by atoms with Crippen molar-refractivity contribution in [3.63, 3.8) is 0 Å². The summed E-state index contributed by atoms with van der Waals surface area (Å²) >= 11 is 0. The van der Waals surface area contributed by atoms with Crippen LogP contribution >= 0.6 is 0 Å². The third kappa shape index (κ3) is 2.55. The van der Waals surface area contributed by atoms with Crippen molar-refractivity contribution in [2.75, 3.05) is 14.2 Å². The average molecular weight is 237 g/mol. The zero-order valence-corrected chi connectivity index (χ0v) is 11.4. The lowest BCUT2D eigenvalue weighted by molar-refractivity contribution is 0.302. The molecule has 0 amide bonds. The van der Waals surface area contributed by atoms with Gasteiger partial charge in [0.15, 0.2) is 11.5 Å². The van der Waals surface area contributed by atoms with E-state index in [-0.39, 0.29) is 5.54 Å². The maximum absolute atomic E-state index is 6.48. The molecule has 0 bridgehead atoms. The van der Waals surface area contributed by atoms with E-state index in [4.69, 9.17) is 15.2 Å². The SMILES string of the molecule is CCC(N)(c1ccc(OC)c(OC)c1)C(C)C. The van der Waals surface area contributed by atoms with Gasteiger partial charge in [0.1, 0.15) is 0 Å². The summed E-state index contributed by atoms with van der Waals surface area (Å²) in [4.78, 5) is 0. The van der Waals surface area contributed by atoms with Crippen molar-refractivity contribution >= 4 is 0 Å². The molecule has 0 aromatic heterocycles. The van der Waals surface area contributed by atoms with E-state index in [1.165, 1.54) is 0 Å². The second kappa shape index (κ2) is 5.41. The van der Waals surface area contributed by atoms with Crippen LogP contribution in [0.1, 0.15) is 32.8 Å². The number of rotatable bonds is 5. The third-order valence-electron chi connectivity index (χ3n) is 3.54. The van der Waals surface area contributed by atoms with Gasteiger partial charge in [-0.1, -0.05) is 26.8 Å². The smallest absolute Gasteiger partial charge is 0.161 e. The van der Waals surface area contributed by atoms with Crippen LogP contribution in [0.4, 0.5) is 0 Å². The molecular formula is C14H23NO2. The Labute approximate surface area is 104 Å². The number of hydrogen-bond acceptors (Lipinski definition) is 3. The van der Waals surface area contributed by atoms with Gasteiger partial charge in [0, 0.05) is 5.54 Å². The van der Waals surface area contributed by atoms with Crippen LogP contribution in [0.2, 0.25) is 0 Å². The van der Waals surface area contributed by atoms with Gasteiger partial charge in [0.05, 0.1) is 14.2 Å². The quantitative estimate of drug-likeness (QED) is 0.856. The molecular weight excluding hydrogens is 214 g/mol. The molecule has 1 unspecified atom stereocenters. The summed E-state index contributed by atoms with van der Waals surface area (Å²) in [7, 11) is 3.27. The van der Waals surface area contributed by atoms with E-state index in [1.807, 2.05) is 18.2 Å². The van der Waals surface area contributed by atoms with Gasteiger partial charge in [-0.3, -0.25) is 0 Å². The molecule has 0 spiro atoms. The number of hydrogen-bond donors (Lipinski definition) is 1. The minimum absolute atomic E-state index is 0.320. The molecule has 17 heavy (non-hydrogen) atoms. The molecule has 1 rings (SSSR count). The van der Waals surface area contributed by atoms with Crippen LogP contribution in [0, 0.1) is 5.92 Å². The highest BCUT2D eigenvalue weighted by Gasteiger charge is 2.29. The summed E-state index contributed by atoms with van der Waals surface area (Å²) in [6.07, 6.45) is 0.889. The van der Waals surface area contributed by atoms with Gasteiger partial charge < -0.3 is 15.2 Å². The summed E-state index contributed by atoms with van der Waals surface area (Å²) in [5.41, 5.74) is 7.25. The zero-order chi connectivity index (χ0) is 13.1. The van der Waals surface area contributed by atoms with Crippen LogP contribution < -0.4 is 15.2 Å². The van der Waals surface area contributed by atoms with Gasteiger partial charge in [-0.05, 0) is 30.0 Å². The van der Waals surface area contributed by atoms with Crippen molar-refractivity contribution in [3.05, 3.63) is 23.8 Å². The number of ether oxygens (including phenoxy) is 2. The number of nitrogens with two attached hydrogens (primary N) is 1. The van der Waals surface area contributed by atoms with Gasteiger partial charge in [0.2, 0.25) is 0 Å². The first kappa shape index (κ1) is 13.8. The van der Waals surface area contributed by atoms with Crippen LogP contribution in [0.25, 0.3) is 0 Å². The molecule has 1 atom stereocenters. The second-order valence-electron chi connectivity index (χ2n) is 4.62. The van der Waals surface area contributed by atoms with Crippen LogP contribution in [-0.2, 0) is 5.54 Å². The fourth-order valence-electron chi connectivity index (χ4n) is 2.07. The first-order valence-electron chi connectivity index (χ1n) is 6.01. The van der Waals surface area contributed by atoms with Crippen LogP contribution in [0.5, 0.6) is 11.5 Å². The lowest BCUT2D eigenvalue weighted by atomic mass is 9.78. The van der Waals surface area contributed by atoms with Crippen LogP contribution in [-0.4, -0.2) is 14.2 Å². The number of benzene rings is 1. The van der Waals surface area contributed by atoms with E-state index in [0.29, 0.717) is 5.92 Å². The normalized spacial score (nSPS) is 14.5. The van der Waals surface area contributed by atoms with Crippen LogP contribution in [0.15, 0.2) is 18.2 Å². The summed E-state index contributed by atoms with van der Waals surface area (Å²) in [6, 6.07) is 5.90. The van der Waals surface area contributed by atoms with Gasteiger partial charge in [-0.25, -0.2) is 0 Å². The van der Waals surface area contributed by atoms with E-state index in [1.54, 1.807) is 14.2 Å². The van der Waals surface area contributed by atoms with Crippen molar-refractivity contribution in [1.29, 1.82) is 0 Å². The van der Waals surface area contributed by atoms with E-state index < -0.39 is 0 Å². The lowest BCUT2D eigenvalue weighted by Gasteiger charge is -2.33. The van der Waals surface area contributed by atoms with Crippen molar-refractivity contribution in [2.45, 2.75) is 32.7 Å². The molecule has 0 saturated carbocycles. The van der Waals surface area contributed by atoms with Crippen molar-refractivity contribution in [2.24, 2.45) is 11.7 Å². The maximum atomic E-state index is 6.48. The largest absolute Gasteiger partial charge is 0.493 e. The van der Waals surface area contributed by atoms with Crippen molar-refractivity contribution < 1.29 is 9.47 Å². The summed E-state index contributed by atoms with van der Waals surface area (Å²) in [5.74, 6) is 1.83. The third-order valence-corrected chi connectivity index (χ3v) is 3.54. The fourth-order valence-corrected chi connectivity index (χ4v) is 2.07. The molecule has 0 heterocycles. The Kier molecular flexibility index (Phi) is 4.40. The molecule has 1 aromatic rings. The Morgan fingerprint density at radius 2 is 1.76 bits per heavy atom. The molecule has 3 nitrogen and oxygen atoms in total. The van der Waals surface area contributed by atoms with Gasteiger partial charge >= 0.3 is 0 Å². The first-order valence-corrected chi connectivity index (χ1v) is 6.01. The summed E-state index contributed by atoms with van der Waals surface area (Å²) < 4.78 is 10.5. The van der Waals surface area contributed by atoms with Crippen molar-refractivity contribution in [1.82, 2.24) is 0 Å². The Morgan fingerprint density at radius 3 is 2.18 bits per heavy atom. The minimum Gasteiger partial charge on any atom is -0.493 e. The molecule has 1 aromatic carbocycles. The fraction of sp³-hybridized carbons (Fsp3) is 0.571. The molecule has 3 heteroatoms. The lowest BCUT2D eigenvalue weighted by Crippen LogP contribution is -2.41. The molecule has 0 radical (unpaired) electrons. The average Bonchev–Trinajstić information content (AvgIpc) is 2.36. The zero-order valence-electron chi connectivity index (χ0n) is 11.4. The van der Waals surface area contributed by atoms with Gasteiger partial charge in [-0.2, -0.15) is 0 Å². The molecule has 0 aliphatic rings. The molecule has 0 aliphatic carbocycles. The predicted molar refractivity (Wildman–Crippen MR) is 70.5 cm³/mol. The first-order chi connectivity index (χ1) is 7.99. The van der Waals surface area contributed by atoms with Crippen molar-refractivity contribution in [3.8, 4) is 11.5 Å². The summed E-state index contributed by atoms with van der Waals surface area (Å²) in [6.45, 7) is 6.39. The standard InChI is InChI=1S/C14H23NO2/c1-6-14(15,10(2)3)11-7-8-12(16-4)13(9-11)17-5/h7-10H,6,15H2,1-5H3. The van der Waals surface area contributed by atoms with Gasteiger partial charge in [0.25, 0.3) is 0 Å². The van der Waals surface area contributed by atoms with E-state index in [2.05, 4.69) is 20.8 Å². The highest BCUT2D eigenvalue weighted by molar-refractivity contribution is 5.45. The summed E-state index contributed by atoms with van der Waals surface area (Å²) in [5, 5.41) is 0. The Bertz CT molecular complexity index is 376. The van der Waals surface area contributed by atoms with E-state index in [0.717, 1.165) is 23.5 Å². The second-order valence-corrected chi connectivity index (χ2v) is 4.62. The minimum atomic E-state index is -0.320. The Hall–Kier alpha value is -1.22. The topological polar surface area (TPSA) is 44.5 Å². The number of methoxy groups -OCH3 is 2. The Morgan fingerprint density at radius 1 is 1.18 bits per heavy atom. The van der Waals surface area contributed by atoms with Gasteiger partial charge in [-0.15, -0.1) is 0 Å². The highest BCUT2D eigenvalue weighted by atomic mass is 16.5. The molecule has 0 aliphatic heterocycles. The van der Waals surface area contributed by atoms with E-state index >= 15 is 0 Å². The highest BCUT2D eigenvalue weighted by Crippen LogP contribution is 2.36. The predicted octanol–water partition coefficient (Wildman–Crippen LogP) is 2.92. The van der Waals surface area contributed by atoms with E-state index in [9.17, 15) is 0 Å². The molecule has 96 valence electrons. The molecule has 0 fully saturated rings. The Balaban J connectivity index is 3.23. The molecule has 2 N–H and O–H groups in total. The molecule has 0 saturated heterocycles.